The number of ether oxygens (including phenoxy) is 1. The van der Waals surface area contributed by atoms with Gasteiger partial charge in [0.15, 0.2) is 0 Å². The van der Waals surface area contributed by atoms with Crippen molar-refractivity contribution in [2.45, 2.75) is 19.0 Å². The highest BCUT2D eigenvalue weighted by Gasteiger charge is 2.20. The molecule has 1 aromatic heterocycles. The fourth-order valence-electron chi connectivity index (χ4n) is 2.00. The highest BCUT2D eigenvalue weighted by atomic mass is 16.5. The smallest absolute Gasteiger partial charge is 0.0670 e. The van der Waals surface area contributed by atoms with Crippen LogP contribution < -0.4 is 10.2 Å². The Bertz CT molecular complexity index is 337. The maximum atomic E-state index is 5.41. The van der Waals surface area contributed by atoms with E-state index < -0.39 is 0 Å². The van der Waals surface area contributed by atoms with Crippen LogP contribution in [0.5, 0.6) is 0 Å². The van der Waals surface area contributed by atoms with Crippen molar-refractivity contribution in [3.63, 3.8) is 0 Å². The summed E-state index contributed by atoms with van der Waals surface area (Å²) in [4.78, 5) is 6.60. The number of aromatic nitrogens is 1. The zero-order chi connectivity index (χ0) is 11.4. The fraction of sp³-hybridized carbons (Fsp3) is 0.583. The lowest BCUT2D eigenvalue weighted by Gasteiger charge is -2.25. The van der Waals surface area contributed by atoms with Crippen LogP contribution in [0.4, 0.5) is 5.69 Å². The molecule has 4 heteroatoms. The van der Waals surface area contributed by atoms with Gasteiger partial charge in [-0.15, -0.1) is 0 Å². The maximum Gasteiger partial charge on any atom is 0.0670 e. The van der Waals surface area contributed by atoms with Gasteiger partial charge in [0, 0.05) is 32.1 Å². The van der Waals surface area contributed by atoms with Crippen LogP contribution in [-0.4, -0.2) is 38.3 Å². The number of hydrogen-bond donors (Lipinski definition) is 1. The maximum absolute atomic E-state index is 5.41. The molecule has 1 aliphatic rings. The van der Waals surface area contributed by atoms with E-state index in [2.05, 4.69) is 34.4 Å². The summed E-state index contributed by atoms with van der Waals surface area (Å²) in [6.07, 6.45) is 2.98. The standard InChI is InChI=1S/C12H19N3O/c1-13-8-10-7-11(3-5-14-10)15(2)12-4-6-16-9-12/h3,5,7,12-13H,4,6,8-9H2,1-2H3. The van der Waals surface area contributed by atoms with E-state index in [0.29, 0.717) is 6.04 Å². The summed E-state index contributed by atoms with van der Waals surface area (Å²) >= 11 is 0. The minimum atomic E-state index is 0.504. The van der Waals surface area contributed by atoms with E-state index >= 15 is 0 Å². The van der Waals surface area contributed by atoms with Crippen molar-refractivity contribution in [2.24, 2.45) is 0 Å². The van der Waals surface area contributed by atoms with E-state index in [4.69, 9.17) is 4.74 Å². The average Bonchev–Trinajstić information content (AvgIpc) is 2.82. The van der Waals surface area contributed by atoms with Crippen LogP contribution in [-0.2, 0) is 11.3 Å². The Kier molecular flexibility index (Phi) is 3.74. The largest absolute Gasteiger partial charge is 0.379 e. The first-order valence-corrected chi connectivity index (χ1v) is 5.71. The first kappa shape index (κ1) is 11.4. The van der Waals surface area contributed by atoms with Gasteiger partial charge in [0.2, 0.25) is 0 Å². The minimum Gasteiger partial charge on any atom is -0.379 e. The summed E-state index contributed by atoms with van der Waals surface area (Å²) in [5, 5.41) is 3.11. The van der Waals surface area contributed by atoms with E-state index in [0.717, 1.165) is 31.9 Å². The molecular formula is C12H19N3O. The molecule has 88 valence electrons. The normalized spacial score (nSPS) is 20.0. The predicted molar refractivity (Wildman–Crippen MR) is 64.6 cm³/mol. The summed E-state index contributed by atoms with van der Waals surface area (Å²) < 4.78 is 5.41. The first-order chi connectivity index (χ1) is 7.81. The van der Waals surface area contributed by atoms with Crippen molar-refractivity contribution in [3.05, 3.63) is 24.0 Å². The monoisotopic (exact) mass is 221 g/mol. The molecule has 1 atom stereocenters. The van der Waals surface area contributed by atoms with Crippen molar-refractivity contribution in [1.29, 1.82) is 0 Å². The molecule has 1 aliphatic heterocycles. The third-order valence-electron chi connectivity index (χ3n) is 3.02. The van der Waals surface area contributed by atoms with E-state index in [9.17, 15) is 0 Å². The van der Waals surface area contributed by atoms with Crippen molar-refractivity contribution in [1.82, 2.24) is 10.3 Å². The predicted octanol–water partition coefficient (Wildman–Crippen LogP) is 1.03. The molecule has 2 heterocycles. The molecule has 0 bridgehead atoms. The van der Waals surface area contributed by atoms with Crippen molar-refractivity contribution < 1.29 is 4.74 Å². The number of hydrogen-bond acceptors (Lipinski definition) is 4. The molecule has 4 nitrogen and oxygen atoms in total. The number of anilines is 1. The molecular weight excluding hydrogens is 202 g/mol. The number of likely N-dealkylation sites (N-methyl/N-ethyl adjacent to an activating group) is 1. The van der Waals surface area contributed by atoms with Crippen molar-refractivity contribution in [2.75, 3.05) is 32.2 Å². The van der Waals surface area contributed by atoms with Crippen LogP contribution in [0, 0.1) is 0 Å². The second-order valence-corrected chi connectivity index (χ2v) is 4.16. The van der Waals surface area contributed by atoms with Gasteiger partial charge in [0.25, 0.3) is 0 Å². The third-order valence-corrected chi connectivity index (χ3v) is 3.02. The van der Waals surface area contributed by atoms with Crippen LogP contribution in [0.3, 0.4) is 0 Å². The quantitative estimate of drug-likeness (QED) is 0.824. The van der Waals surface area contributed by atoms with Gasteiger partial charge in [-0.1, -0.05) is 0 Å². The van der Waals surface area contributed by atoms with Gasteiger partial charge in [-0.2, -0.15) is 0 Å². The first-order valence-electron chi connectivity index (χ1n) is 5.71. The summed E-state index contributed by atoms with van der Waals surface area (Å²) in [6, 6.07) is 4.69. The van der Waals surface area contributed by atoms with Gasteiger partial charge < -0.3 is 15.0 Å². The van der Waals surface area contributed by atoms with Crippen LogP contribution >= 0.6 is 0 Å². The topological polar surface area (TPSA) is 37.4 Å². The van der Waals surface area contributed by atoms with Crippen LogP contribution in [0.1, 0.15) is 12.1 Å². The number of rotatable bonds is 4. The molecule has 0 radical (unpaired) electrons. The Labute approximate surface area is 96.6 Å². The molecule has 0 spiro atoms. The van der Waals surface area contributed by atoms with Crippen molar-refractivity contribution in [3.8, 4) is 0 Å². The van der Waals surface area contributed by atoms with Gasteiger partial charge in [-0.3, -0.25) is 4.98 Å². The molecule has 2 rings (SSSR count). The highest BCUT2D eigenvalue weighted by molar-refractivity contribution is 5.47. The molecule has 16 heavy (non-hydrogen) atoms. The van der Waals surface area contributed by atoms with Gasteiger partial charge in [0.05, 0.1) is 18.3 Å². The lowest BCUT2D eigenvalue weighted by atomic mass is 10.2. The zero-order valence-electron chi connectivity index (χ0n) is 9.94. The lowest BCUT2D eigenvalue weighted by molar-refractivity contribution is 0.193. The SMILES string of the molecule is CNCc1cc(N(C)C2CCOC2)ccn1. The van der Waals surface area contributed by atoms with Crippen LogP contribution in [0.15, 0.2) is 18.3 Å². The number of pyridine rings is 1. The summed E-state index contributed by atoms with van der Waals surface area (Å²) in [6.45, 7) is 2.52. The molecule has 0 amide bonds. The minimum absolute atomic E-state index is 0.504. The van der Waals surface area contributed by atoms with Crippen LogP contribution in [0.2, 0.25) is 0 Å². The number of nitrogens with zero attached hydrogens (tertiary/aromatic N) is 2. The van der Waals surface area contributed by atoms with Crippen LogP contribution in [0.25, 0.3) is 0 Å². The van der Waals surface area contributed by atoms with E-state index in [1.807, 2.05) is 13.2 Å². The van der Waals surface area contributed by atoms with Crippen molar-refractivity contribution >= 4 is 5.69 Å². The van der Waals surface area contributed by atoms with E-state index in [1.54, 1.807) is 0 Å². The molecule has 0 aliphatic carbocycles. The highest BCUT2D eigenvalue weighted by Crippen LogP contribution is 2.20. The fourth-order valence-corrected chi connectivity index (χ4v) is 2.00. The van der Waals surface area contributed by atoms with Gasteiger partial charge in [0.1, 0.15) is 0 Å². The molecule has 1 aromatic rings. The van der Waals surface area contributed by atoms with Gasteiger partial charge in [-0.25, -0.2) is 0 Å². The second kappa shape index (κ2) is 5.27. The summed E-state index contributed by atoms with van der Waals surface area (Å²) in [7, 11) is 4.06. The molecule has 1 N–H and O–H groups in total. The zero-order valence-corrected chi connectivity index (χ0v) is 9.94. The summed E-state index contributed by atoms with van der Waals surface area (Å²) in [5.74, 6) is 0. The van der Waals surface area contributed by atoms with E-state index in [1.165, 1.54) is 5.69 Å². The molecule has 1 fully saturated rings. The molecule has 1 unspecified atom stereocenters. The Morgan fingerprint density at radius 1 is 1.62 bits per heavy atom. The van der Waals surface area contributed by atoms with Gasteiger partial charge >= 0.3 is 0 Å². The Morgan fingerprint density at radius 3 is 3.19 bits per heavy atom. The second-order valence-electron chi connectivity index (χ2n) is 4.16. The summed E-state index contributed by atoms with van der Waals surface area (Å²) in [5.41, 5.74) is 2.29. The number of nitrogens with one attached hydrogen (secondary N) is 1. The Balaban J connectivity index is 2.09. The molecule has 1 saturated heterocycles. The Morgan fingerprint density at radius 2 is 2.50 bits per heavy atom. The molecule has 0 aromatic carbocycles. The average molecular weight is 221 g/mol. The van der Waals surface area contributed by atoms with E-state index in [-0.39, 0.29) is 0 Å². The lowest BCUT2D eigenvalue weighted by Crippen LogP contribution is -2.31. The van der Waals surface area contributed by atoms with Gasteiger partial charge in [-0.05, 0) is 25.6 Å². The molecule has 0 saturated carbocycles. The third kappa shape index (κ3) is 2.51. The Hall–Kier alpha value is -1.13.